The first-order valence-electron chi connectivity index (χ1n) is 7.05. The summed E-state index contributed by atoms with van der Waals surface area (Å²) < 4.78 is 16.0. The lowest BCUT2D eigenvalue weighted by Crippen LogP contribution is -2.09. The van der Waals surface area contributed by atoms with Crippen LogP contribution in [0.15, 0.2) is 42.5 Å². The van der Waals surface area contributed by atoms with Gasteiger partial charge in [-0.3, -0.25) is 0 Å². The highest BCUT2D eigenvalue weighted by Crippen LogP contribution is 2.37. The Bertz CT molecular complexity index is 610. The second-order valence-corrected chi connectivity index (χ2v) is 5.02. The predicted octanol–water partition coefficient (Wildman–Crippen LogP) is 2.90. The Balaban J connectivity index is 1.93. The molecule has 2 aromatic rings. The lowest BCUT2D eigenvalue weighted by Gasteiger charge is -2.18. The standard InChI is InChI=1S/C17H19NO3/c1-19-14-5-2-12(3-6-14)15(8-9-18)13-4-7-16-17(10-13)21-11-20-16/h2-7,10,15H,8-9,11,18H2,1H3/t15-/m1/s1. The zero-order valence-corrected chi connectivity index (χ0v) is 12.0. The quantitative estimate of drug-likeness (QED) is 0.917. The minimum atomic E-state index is 0.246. The maximum absolute atomic E-state index is 5.79. The molecule has 0 saturated heterocycles. The third kappa shape index (κ3) is 2.81. The summed E-state index contributed by atoms with van der Waals surface area (Å²) in [5, 5.41) is 0. The highest BCUT2D eigenvalue weighted by atomic mass is 16.7. The second kappa shape index (κ2) is 6.06. The van der Waals surface area contributed by atoms with Gasteiger partial charge in [-0.2, -0.15) is 0 Å². The van der Waals surface area contributed by atoms with Crippen LogP contribution in [0.1, 0.15) is 23.5 Å². The van der Waals surface area contributed by atoms with Crippen LogP contribution in [0, 0.1) is 0 Å². The minimum absolute atomic E-state index is 0.246. The van der Waals surface area contributed by atoms with Gasteiger partial charge < -0.3 is 19.9 Å². The molecule has 0 aromatic heterocycles. The van der Waals surface area contributed by atoms with Crippen LogP contribution in [0.25, 0.3) is 0 Å². The number of benzene rings is 2. The number of hydrogen-bond donors (Lipinski definition) is 1. The fraction of sp³-hybridized carbons (Fsp3) is 0.294. The molecule has 4 heteroatoms. The van der Waals surface area contributed by atoms with Crippen LogP contribution < -0.4 is 19.9 Å². The van der Waals surface area contributed by atoms with Crippen LogP contribution in [-0.4, -0.2) is 20.4 Å². The Morgan fingerprint density at radius 2 is 1.76 bits per heavy atom. The van der Waals surface area contributed by atoms with Crippen molar-refractivity contribution >= 4 is 0 Å². The molecule has 0 radical (unpaired) electrons. The first-order chi connectivity index (χ1) is 10.3. The van der Waals surface area contributed by atoms with Crippen molar-refractivity contribution in [3.8, 4) is 17.2 Å². The van der Waals surface area contributed by atoms with Gasteiger partial charge in [-0.1, -0.05) is 18.2 Å². The van der Waals surface area contributed by atoms with Crippen LogP contribution in [-0.2, 0) is 0 Å². The van der Waals surface area contributed by atoms with Gasteiger partial charge in [0, 0.05) is 5.92 Å². The van der Waals surface area contributed by atoms with Gasteiger partial charge in [-0.15, -0.1) is 0 Å². The average molecular weight is 285 g/mol. The summed E-state index contributed by atoms with van der Waals surface area (Å²) in [4.78, 5) is 0. The third-order valence-corrected chi connectivity index (χ3v) is 3.77. The molecule has 1 heterocycles. The van der Waals surface area contributed by atoms with Gasteiger partial charge >= 0.3 is 0 Å². The van der Waals surface area contributed by atoms with Crippen molar-refractivity contribution in [2.24, 2.45) is 5.73 Å². The van der Waals surface area contributed by atoms with Gasteiger partial charge in [0.25, 0.3) is 0 Å². The highest BCUT2D eigenvalue weighted by molar-refractivity contribution is 5.47. The van der Waals surface area contributed by atoms with E-state index in [0.29, 0.717) is 13.3 Å². The zero-order chi connectivity index (χ0) is 14.7. The summed E-state index contributed by atoms with van der Waals surface area (Å²) in [7, 11) is 1.67. The Morgan fingerprint density at radius 3 is 2.48 bits per heavy atom. The summed E-state index contributed by atoms with van der Waals surface area (Å²) in [5.41, 5.74) is 8.20. The molecule has 0 spiro atoms. The first-order valence-corrected chi connectivity index (χ1v) is 7.05. The van der Waals surface area contributed by atoms with Gasteiger partial charge in [0.05, 0.1) is 7.11 Å². The van der Waals surface area contributed by atoms with Gasteiger partial charge in [0.15, 0.2) is 11.5 Å². The molecule has 21 heavy (non-hydrogen) atoms. The SMILES string of the molecule is COc1ccc([C@@H](CCN)c2ccc3c(c2)OCO3)cc1. The van der Waals surface area contributed by atoms with Gasteiger partial charge in [0.1, 0.15) is 5.75 Å². The van der Waals surface area contributed by atoms with Crippen LogP contribution >= 0.6 is 0 Å². The number of ether oxygens (including phenoxy) is 3. The van der Waals surface area contributed by atoms with E-state index in [1.54, 1.807) is 7.11 Å². The molecule has 0 saturated carbocycles. The van der Waals surface area contributed by atoms with E-state index in [4.69, 9.17) is 19.9 Å². The average Bonchev–Trinajstić information content (AvgIpc) is 3.00. The fourth-order valence-electron chi connectivity index (χ4n) is 2.66. The van der Waals surface area contributed by atoms with E-state index >= 15 is 0 Å². The largest absolute Gasteiger partial charge is 0.497 e. The van der Waals surface area contributed by atoms with Gasteiger partial charge in [0.2, 0.25) is 6.79 Å². The van der Waals surface area contributed by atoms with E-state index in [9.17, 15) is 0 Å². The van der Waals surface area contributed by atoms with Crippen molar-refractivity contribution in [1.82, 2.24) is 0 Å². The molecule has 2 N–H and O–H groups in total. The van der Waals surface area contributed by atoms with Crippen molar-refractivity contribution in [3.63, 3.8) is 0 Å². The van der Waals surface area contributed by atoms with Crippen molar-refractivity contribution in [2.75, 3.05) is 20.4 Å². The molecule has 1 atom stereocenters. The van der Waals surface area contributed by atoms with Crippen LogP contribution in [0.2, 0.25) is 0 Å². The highest BCUT2D eigenvalue weighted by Gasteiger charge is 2.19. The summed E-state index contributed by atoms with van der Waals surface area (Å²) >= 11 is 0. The van der Waals surface area contributed by atoms with Gasteiger partial charge in [-0.05, 0) is 48.4 Å². The Hall–Kier alpha value is -2.20. The Kier molecular flexibility index (Phi) is 3.97. The van der Waals surface area contributed by atoms with E-state index in [1.807, 2.05) is 24.3 Å². The number of nitrogens with two attached hydrogens (primary N) is 1. The smallest absolute Gasteiger partial charge is 0.231 e. The summed E-state index contributed by atoms with van der Waals surface area (Å²) in [6.45, 7) is 0.925. The van der Waals surface area contributed by atoms with Crippen molar-refractivity contribution in [1.29, 1.82) is 0 Å². The number of fused-ring (bicyclic) bond motifs is 1. The molecule has 0 unspecified atom stereocenters. The van der Waals surface area contributed by atoms with E-state index < -0.39 is 0 Å². The van der Waals surface area contributed by atoms with Crippen LogP contribution in [0.5, 0.6) is 17.2 Å². The van der Waals surface area contributed by atoms with Crippen molar-refractivity contribution < 1.29 is 14.2 Å². The molecular formula is C17H19NO3. The number of rotatable bonds is 5. The van der Waals surface area contributed by atoms with E-state index in [-0.39, 0.29) is 5.92 Å². The molecule has 4 nitrogen and oxygen atoms in total. The predicted molar refractivity (Wildman–Crippen MR) is 81.1 cm³/mol. The number of methoxy groups -OCH3 is 1. The van der Waals surface area contributed by atoms with Gasteiger partial charge in [-0.25, -0.2) is 0 Å². The van der Waals surface area contributed by atoms with E-state index in [1.165, 1.54) is 11.1 Å². The molecule has 0 fully saturated rings. The summed E-state index contributed by atoms with van der Waals surface area (Å²) in [6.07, 6.45) is 0.881. The molecule has 1 aliphatic heterocycles. The summed E-state index contributed by atoms with van der Waals surface area (Å²) in [5.74, 6) is 2.72. The lowest BCUT2D eigenvalue weighted by molar-refractivity contribution is 0.174. The van der Waals surface area contributed by atoms with Crippen molar-refractivity contribution in [3.05, 3.63) is 53.6 Å². The fourth-order valence-corrected chi connectivity index (χ4v) is 2.66. The second-order valence-electron chi connectivity index (χ2n) is 5.02. The maximum atomic E-state index is 5.79. The molecule has 110 valence electrons. The normalized spacial score (nSPS) is 14.0. The Morgan fingerprint density at radius 1 is 1.05 bits per heavy atom. The van der Waals surface area contributed by atoms with E-state index in [2.05, 4.69) is 18.2 Å². The first kappa shape index (κ1) is 13.8. The molecule has 0 aliphatic carbocycles. The monoisotopic (exact) mass is 285 g/mol. The lowest BCUT2D eigenvalue weighted by atomic mass is 9.88. The third-order valence-electron chi connectivity index (χ3n) is 3.77. The maximum Gasteiger partial charge on any atom is 0.231 e. The molecule has 3 rings (SSSR count). The molecule has 2 aromatic carbocycles. The zero-order valence-electron chi connectivity index (χ0n) is 12.0. The van der Waals surface area contributed by atoms with E-state index in [0.717, 1.165) is 23.7 Å². The van der Waals surface area contributed by atoms with Crippen LogP contribution in [0.4, 0.5) is 0 Å². The van der Waals surface area contributed by atoms with Crippen LogP contribution in [0.3, 0.4) is 0 Å². The molecule has 0 bridgehead atoms. The van der Waals surface area contributed by atoms with Crippen molar-refractivity contribution in [2.45, 2.75) is 12.3 Å². The summed E-state index contributed by atoms with van der Waals surface area (Å²) in [6, 6.07) is 14.2. The molecule has 1 aliphatic rings. The topological polar surface area (TPSA) is 53.7 Å². The minimum Gasteiger partial charge on any atom is -0.497 e. The molecule has 0 amide bonds. The molecular weight excluding hydrogens is 266 g/mol. The Labute approximate surface area is 124 Å². The number of hydrogen-bond acceptors (Lipinski definition) is 4.